The van der Waals surface area contributed by atoms with Crippen LogP contribution in [0.15, 0.2) is 82.7 Å². The molecule has 0 saturated heterocycles. The molecule has 7 heteroatoms. The van der Waals surface area contributed by atoms with Gasteiger partial charge in [-0.05, 0) is 36.8 Å². The summed E-state index contributed by atoms with van der Waals surface area (Å²) < 4.78 is 26.8. The first-order valence-corrected chi connectivity index (χ1v) is 10.0. The van der Waals surface area contributed by atoms with Crippen LogP contribution >= 0.6 is 0 Å². The molecule has 2 aromatic carbocycles. The second-order valence-corrected chi connectivity index (χ2v) is 8.06. The minimum absolute atomic E-state index is 0.0908. The Morgan fingerprint density at radius 3 is 2.54 bits per heavy atom. The highest BCUT2D eigenvalue weighted by atomic mass is 32.2. The molecule has 0 aliphatic rings. The van der Waals surface area contributed by atoms with Gasteiger partial charge in [-0.15, -0.1) is 5.10 Å². The predicted octanol–water partition coefficient (Wildman–Crippen LogP) is 3.53. The molecule has 0 unspecified atom stereocenters. The van der Waals surface area contributed by atoms with Gasteiger partial charge in [-0.3, -0.25) is 0 Å². The first kappa shape index (κ1) is 19.3. The Hall–Kier alpha value is -3.50. The van der Waals surface area contributed by atoms with Gasteiger partial charge >= 0.3 is 0 Å². The third kappa shape index (κ3) is 4.61. The van der Waals surface area contributed by atoms with E-state index in [1.54, 1.807) is 35.2 Å². The molecule has 0 fully saturated rings. The summed E-state index contributed by atoms with van der Waals surface area (Å²) in [4.78, 5) is -0.239. The minimum Gasteiger partial charge on any atom is -0.248 e. The topological polar surface area (TPSA) is 88.6 Å². The van der Waals surface area contributed by atoms with Crippen LogP contribution in [-0.4, -0.2) is 23.4 Å². The van der Waals surface area contributed by atoms with Crippen molar-refractivity contribution in [3.8, 4) is 6.07 Å². The zero-order chi connectivity index (χ0) is 20.0. The van der Waals surface area contributed by atoms with Gasteiger partial charge < -0.3 is 0 Å². The van der Waals surface area contributed by atoms with Crippen molar-refractivity contribution in [3.63, 3.8) is 0 Å². The van der Waals surface area contributed by atoms with Gasteiger partial charge in [0.05, 0.1) is 17.6 Å². The fourth-order valence-corrected chi connectivity index (χ4v) is 3.63. The fourth-order valence-electron chi connectivity index (χ4n) is 2.50. The molecule has 0 aliphatic heterocycles. The van der Waals surface area contributed by atoms with E-state index in [-0.39, 0.29) is 9.80 Å². The van der Waals surface area contributed by atoms with Crippen LogP contribution in [0.2, 0.25) is 0 Å². The van der Waals surface area contributed by atoms with Gasteiger partial charge in [0.2, 0.25) is 9.84 Å². The SMILES string of the molecule is Cc1ccc(S(=O)(=O)/C(C#N)=C/C=C/c2cn(Cc3ccccc3)nn2)cc1. The molecule has 140 valence electrons. The molecular formula is C21H18N4O2S. The number of sulfone groups is 1. The van der Waals surface area contributed by atoms with E-state index in [1.807, 2.05) is 37.3 Å². The summed E-state index contributed by atoms with van der Waals surface area (Å²) in [5, 5.41) is 17.4. The number of nitrogens with zero attached hydrogens (tertiary/aromatic N) is 4. The molecule has 3 aromatic rings. The van der Waals surface area contributed by atoms with E-state index >= 15 is 0 Å². The average Bonchev–Trinajstić information content (AvgIpc) is 3.13. The molecular weight excluding hydrogens is 372 g/mol. The Morgan fingerprint density at radius 1 is 1.14 bits per heavy atom. The van der Waals surface area contributed by atoms with Crippen molar-refractivity contribution in [2.75, 3.05) is 0 Å². The Labute approximate surface area is 164 Å². The van der Waals surface area contributed by atoms with Crippen molar-refractivity contribution in [1.29, 1.82) is 5.26 Å². The van der Waals surface area contributed by atoms with E-state index in [0.29, 0.717) is 12.2 Å². The Morgan fingerprint density at radius 2 is 1.86 bits per heavy atom. The highest BCUT2D eigenvalue weighted by Gasteiger charge is 2.19. The number of benzene rings is 2. The first-order valence-electron chi connectivity index (χ1n) is 8.53. The van der Waals surface area contributed by atoms with Crippen molar-refractivity contribution < 1.29 is 8.42 Å². The number of nitriles is 1. The van der Waals surface area contributed by atoms with Crippen LogP contribution in [0.25, 0.3) is 6.08 Å². The quantitative estimate of drug-likeness (QED) is 0.474. The number of hydrogen-bond donors (Lipinski definition) is 0. The third-order valence-corrected chi connectivity index (χ3v) is 5.69. The third-order valence-electron chi connectivity index (χ3n) is 3.99. The lowest BCUT2D eigenvalue weighted by molar-refractivity contribution is 0.603. The van der Waals surface area contributed by atoms with E-state index < -0.39 is 9.84 Å². The summed E-state index contributed by atoms with van der Waals surface area (Å²) in [7, 11) is -3.85. The molecule has 0 amide bonds. The van der Waals surface area contributed by atoms with Gasteiger partial charge in [-0.1, -0.05) is 59.3 Å². The minimum atomic E-state index is -3.85. The number of aromatic nitrogens is 3. The number of allylic oxidation sites excluding steroid dienone is 3. The highest BCUT2D eigenvalue weighted by molar-refractivity contribution is 7.95. The molecule has 1 aromatic heterocycles. The molecule has 0 radical (unpaired) electrons. The van der Waals surface area contributed by atoms with Crippen LogP contribution in [0.5, 0.6) is 0 Å². The summed E-state index contributed by atoms with van der Waals surface area (Å²) in [6.07, 6.45) is 6.11. The lowest BCUT2D eigenvalue weighted by Gasteiger charge is -2.02. The molecule has 0 saturated carbocycles. The molecule has 6 nitrogen and oxygen atoms in total. The van der Waals surface area contributed by atoms with Gasteiger partial charge in [0.15, 0.2) is 0 Å². The lowest BCUT2D eigenvalue weighted by Crippen LogP contribution is -2.03. The summed E-state index contributed by atoms with van der Waals surface area (Å²) in [6.45, 7) is 2.45. The molecule has 3 rings (SSSR count). The summed E-state index contributed by atoms with van der Waals surface area (Å²) in [6, 6.07) is 18.0. The molecule has 0 spiro atoms. The lowest BCUT2D eigenvalue weighted by atomic mass is 10.2. The van der Waals surface area contributed by atoms with E-state index in [2.05, 4.69) is 10.3 Å². The molecule has 0 bridgehead atoms. The van der Waals surface area contributed by atoms with E-state index in [1.165, 1.54) is 24.3 Å². The van der Waals surface area contributed by atoms with Crippen LogP contribution < -0.4 is 0 Å². The van der Waals surface area contributed by atoms with Gasteiger partial charge in [-0.2, -0.15) is 5.26 Å². The van der Waals surface area contributed by atoms with Gasteiger partial charge in [0.25, 0.3) is 0 Å². The highest BCUT2D eigenvalue weighted by Crippen LogP contribution is 2.19. The van der Waals surface area contributed by atoms with Gasteiger partial charge in [0.1, 0.15) is 16.7 Å². The van der Waals surface area contributed by atoms with Gasteiger partial charge in [0, 0.05) is 0 Å². The average molecular weight is 390 g/mol. The van der Waals surface area contributed by atoms with E-state index in [0.717, 1.165) is 11.1 Å². The fraction of sp³-hybridized carbons (Fsp3) is 0.0952. The monoisotopic (exact) mass is 390 g/mol. The zero-order valence-electron chi connectivity index (χ0n) is 15.2. The Balaban J connectivity index is 1.75. The number of hydrogen-bond acceptors (Lipinski definition) is 5. The maximum Gasteiger partial charge on any atom is 0.216 e. The van der Waals surface area contributed by atoms with Crippen molar-refractivity contribution in [1.82, 2.24) is 15.0 Å². The van der Waals surface area contributed by atoms with Crippen LogP contribution in [0.1, 0.15) is 16.8 Å². The molecule has 1 heterocycles. The molecule has 0 N–H and O–H groups in total. The maximum absolute atomic E-state index is 12.6. The molecule has 28 heavy (non-hydrogen) atoms. The predicted molar refractivity (Wildman–Crippen MR) is 107 cm³/mol. The number of aryl methyl sites for hydroxylation is 1. The van der Waals surface area contributed by atoms with Crippen LogP contribution in [-0.2, 0) is 16.4 Å². The molecule has 0 atom stereocenters. The summed E-state index contributed by atoms with van der Waals surface area (Å²) in [5.41, 5.74) is 2.61. The standard InChI is InChI=1S/C21H18N4O2S/c1-17-10-12-20(13-11-17)28(26,27)21(14-22)9-5-8-19-16-25(24-23-19)15-18-6-3-2-4-7-18/h2-13,16H,15H2,1H3/b8-5+,21-9+. The maximum atomic E-state index is 12.6. The summed E-state index contributed by atoms with van der Waals surface area (Å²) >= 11 is 0. The van der Waals surface area contributed by atoms with E-state index in [4.69, 9.17) is 0 Å². The smallest absolute Gasteiger partial charge is 0.216 e. The summed E-state index contributed by atoms with van der Waals surface area (Å²) in [5.74, 6) is 0. The number of rotatable bonds is 6. The van der Waals surface area contributed by atoms with Gasteiger partial charge in [-0.25, -0.2) is 13.1 Å². The second kappa shape index (κ2) is 8.46. The van der Waals surface area contributed by atoms with Crippen LogP contribution in [0, 0.1) is 18.3 Å². The normalized spacial score (nSPS) is 12.2. The largest absolute Gasteiger partial charge is 0.248 e. The second-order valence-electron chi connectivity index (χ2n) is 6.14. The Bertz CT molecular complexity index is 1150. The van der Waals surface area contributed by atoms with Crippen molar-refractivity contribution >= 4 is 15.9 Å². The van der Waals surface area contributed by atoms with Crippen molar-refractivity contribution in [2.24, 2.45) is 0 Å². The molecule has 0 aliphatic carbocycles. The first-order chi connectivity index (χ1) is 13.5. The van der Waals surface area contributed by atoms with Crippen molar-refractivity contribution in [2.45, 2.75) is 18.4 Å². The van der Waals surface area contributed by atoms with Crippen LogP contribution in [0.4, 0.5) is 0 Å². The van der Waals surface area contributed by atoms with Crippen LogP contribution in [0.3, 0.4) is 0 Å². The van der Waals surface area contributed by atoms with E-state index in [9.17, 15) is 13.7 Å². The van der Waals surface area contributed by atoms with Crippen molar-refractivity contribution in [3.05, 3.63) is 94.7 Å². The Kier molecular flexibility index (Phi) is 5.82. The zero-order valence-corrected chi connectivity index (χ0v) is 16.0.